The van der Waals surface area contributed by atoms with Crippen LogP contribution >= 0.6 is 0 Å². The molecule has 0 aliphatic rings. The average molecular weight is 425 g/mol. The van der Waals surface area contributed by atoms with Crippen molar-refractivity contribution >= 4 is 6.03 Å². The van der Waals surface area contributed by atoms with E-state index < -0.39 is 0 Å². The van der Waals surface area contributed by atoms with Crippen LogP contribution in [0.1, 0.15) is 149 Å². The summed E-state index contributed by atoms with van der Waals surface area (Å²) in [5, 5.41) is 3.20. The Morgan fingerprint density at radius 1 is 0.500 bits per heavy atom. The van der Waals surface area contributed by atoms with Crippen molar-refractivity contribution in [1.29, 1.82) is 0 Å². The normalized spacial score (nSPS) is 11.0. The molecule has 0 atom stereocenters. The minimum atomic E-state index is 0.181. The molecule has 0 fully saturated rings. The Labute approximate surface area is 190 Å². The van der Waals surface area contributed by atoms with E-state index in [-0.39, 0.29) is 6.03 Å². The summed E-state index contributed by atoms with van der Waals surface area (Å²) in [7, 11) is 0. The molecule has 180 valence electrons. The summed E-state index contributed by atoms with van der Waals surface area (Å²) in [6.07, 6.45) is 26.0. The highest BCUT2D eigenvalue weighted by molar-refractivity contribution is 5.74. The quantitative estimate of drug-likeness (QED) is 0.163. The molecule has 0 unspecified atom stereocenters. The molecule has 0 saturated carbocycles. The number of urea groups is 1. The first kappa shape index (κ1) is 29.3. The lowest BCUT2D eigenvalue weighted by molar-refractivity contribution is 0.195. The molecule has 2 amide bonds. The highest BCUT2D eigenvalue weighted by Gasteiger charge is 2.12. The standard InChI is InChI=1S/C27H56N2O/c1-4-7-10-13-16-17-18-21-24-28-27(30)29(25-22-19-14-11-8-5-2)26-23-20-15-12-9-6-3/h4-26H2,1-3H3,(H,28,30). The number of unbranched alkanes of at least 4 members (excludes halogenated alkanes) is 17. The lowest BCUT2D eigenvalue weighted by Crippen LogP contribution is -2.41. The molecule has 0 spiro atoms. The van der Waals surface area contributed by atoms with Gasteiger partial charge >= 0.3 is 6.03 Å². The maximum absolute atomic E-state index is 12.7. The van der Waals surface area contributed by atoms with Crippen molar-refractivity contribution in [3.63, 3.8) is 0 Å². The van der Waals surface area contributed by atoms with Crippen LogP contribution in [0.2, 0.25) is 0 Å². The molecule has 0 rings (SSSR count). The van der Waals surface area contributed by atoms with E-state index in [1.54, 1.807) is 0 Å². The average Bonchev–Trinajstić information content (AvgIpc) is 2.75. The Bertz CT molecular complexity index is 330. The maximum atomic E-state index is 12.7. The third-order valence-electron chi connectivity index (χ3n) is 6.16. The van der Waals surface area contributed by atoms with Gasteiger partial charge in [-0.15, -0.1) is 0 Å². The third kappa shape index (κ3) is 20.5. The van der Waals surface area contributed by atoms with Gasteiger partial charge in [0.15, 0.2) is 0 Å². The molecule has 0 aromatic carbocycles. The van der Waals surface area contributed by atoms with E-state index in [4.69, 9.17) is 0 Å². The van der Waals surface area contributed by atoms with Gasteiger partial charge in [-0.25, -0.2) is 4.79 Å². The van der Waals surface area contributed by atoms with E-state index >= 15 is 0 Å². The summed E-state index contributed by atoms with van der Waals surface area (Å²) in [5.41, 5.74) is 0. The molecule has 0 bridgehead atoms. The number of amides is 2. The number of hydrogen-bond acceptors (Lipinski definition) is 1. The minimum absolute atomic E-state index is 0.181. The van der Waals surface area contributed by atoms with Crippen LogP contribution in [0, 0.1) is 0 Å². The van der Waals surface area contributed by atoms with Crippen molar-refractivity contribution in [3.05, 3.63) is 0 Å². The van der Waals surface area contributed by atoms with Gasteiger partial charge in [0.1, 0.15) is 0 Å². The van der Waals surface area contributed by atoms with Crippen LogP contribution in [0.5, 0.6) is 0 Å². The smallest absolute Gasteiger partial charge is 0.317 e. The van der Waals surface area contributed by atoms with Crippen molar-refractivity contribution in [2.75, 3.05) is 19.6 Å². The zero-order chi connectivity index (χ0) is 22.1. The predicted octanol–water partition coefficient (Wildman–Crippen LogP) is 8.86. The Morgan fingerprint density at radius 2 is 0.833 bits per heavy atom. The Balaban J connectivity index is 3.97. The first-order valence-electron chi connectivity index (χ1n) is 13.8. The summed E-state index contributed by atoms with van der Waals surface area (Å²) in [5.74, 6) is 0. The summed E-state index contributed by atoms with van der Waals surface area (Å²) < 4.78 is 0. The van der Waals surface area contributed by atoms with Crippen LogP contribution < -0.4 is 5.32 Å². The lowest BCUT2D eigenvalue weighted by Gasteiger charge is -2.23. The Hall–Kier alpha value is -0.730. The molecule has 3 heteroatoms. The molecule has 0 aromatic rings. The fraction of sp³-hybridized carbons (Fsp3) is 0.963. The van der Waals surface area contributed by atoms with Crippen LogP contribution in [-0.4, -0.2) is 30.6 Å². The fourth-order valence-electron chi connectivity index (χ4n) is 4.05. The number of carbonyl (C=O) groups excluding carboxylic acids is 1. The van der Waals surface area contributed by atoms with E-state index in [0.717, 1.165) is 38.9 Å². The van der Waals surface area contributed by atoms with Crippen LogP contribution in [0.3, 0.4) is 0 Å². The number of nitrogens with zero attached hydrogens (tertiary/aromatic N) is 1. The second-order valence-electron chi connectivity index (χ2n) is 9.23. The molecule has 0 aliphatic carbocycles. The second kappa shape index (κ2) is 24.5. The van der Waals surface area contributed by atoms with Gasteiger partial charge in [-0.2, -0.15) is 0 Å². The molecule has 1 N–H and O–H groups in total. The molecule has 0 heterocycles. The number of rotatable bonds is 23. The summed E-state index contributed by atoms with van der Waals surface area (Å²) in [6, 6.07) is 0.181. The second-order valence-corrected chi connectivity index (χ2v) is 9.23. The van der Waals surface area contributed by atoms with Gasteiger partial charge in [-0.05, 0) is 19.3 Å². The predicted molar refractivity (Wildman–Crippen MR) is 134 cm³/mol. The molecular formula is C27H56N2O. The highest BCUT2D eigenvalue weighted by atomic mass is 16.2. The first-order chi connectivity index (χ1) is 14.8. The van der Waals surface area contributed by atoms with Crippen LogP contribution in [-0.2, 0) is 0 Å². The van der Waals surface area contributed by atoms with Gasteiger partial charge in [0.25, 0.3) is 0 Å². The summed E-state index contributed by atoms with van der Waals surface area (Å²) in [6.45, 7) is 9.51. The molecule has 0 aromatic heterocycles. The van der Waals surface area contributed by atoms with Crippen molar-refractivity contribution in [2.24, 2.45) is 0 Å². The van der Waals surface area contributed by atoms with E-state index in [9.17, 15) is 4.79 Å². The Kier molecular flexibility index (Phi) is 23.9. The highest BCUT2D eigenvalue weighted by Crippen LogP contribution is 2.10. The lowest BCUT2D eigenvalue weighted by atomic mass is 10.1. The van der Waals surface area contributed by atoms with Gasteiger partial charge in [-0.3, -0.25) is 0 Å². The first-order valence-corrected chi connectivity index (χ1v) is 13.8. The van der Waals surface area contributed by atoms with E-state index in [1.165, 1.54) is 109 Å². The van der Waals surface area contributed by atoms with Gasteiger partial charge < -0.3 is 10.2 Å². The fourth-order valence-corrected chi connectivity index (χ4v) is 4.05. The molecule has 0 radical (unpaired) electrons. The number of nitrogens with one attached hydrogen (secondary N) is 1. The number of carbonyl (C=O) groups is 1. The number of hydrogen-bond donors (Lipinski definition) is 1. The van der Waals surface area contributed by atoms with E-state index in [2.05, 4.69) is 31.0 Å². The molecule has 3 nitrogen and oxygen atoms in total. The van der Waals surface area contributed by atoms with Crippen molar-refractivity contribution in [2.45, 2.75) is 149 Å². The zero-order valence-electron chi connectivity index (χ0n) is 21.1. The van der Waals surface area contributed by atoms with Crippen molar-refractivity contribution in [3.8, 4) is 0 Å². The van der Waals surface area contributed by atoms with Gasteiger partial charge in [0, 0.05) is 19.6 Å². The van der Waals surface area contributed by atoms with Crippen LogP contribution in [0.15, 0.2) is 0 Å². The van der Waals surface area contributed by atoms with Crippen molar-refractivity contribution in [1.82, 2.24) is 10.2 Å². The molecular weight excluding hydrogens is 368 g/mol. The molecule has 0 aliphatic heterocycles. The maximum Gasteiger partial charge on any atom is 0.317 e. The van der Waals surface area contributed by atoms with E-state index in [0.29, 0.717) is 0 Å². The summed E-state index contributed by atoms with van der Waals surface area (Å²) in [4.78, 5) is 14.8. The molecule has 30 heavy (non-hydrogen) atoms. The zero-order valence-corrected chi connectivity index (χ0v) is 21.1. The van der Waals surface area contributed by atoms with Gasteiger partial charge in [-0.1, -0.05) is 130 Å². The summed E-state index contributed by atoms with van der Waals surface area (Å²) >= 11 is 0. The monoisotopic (exact) mass is 424 g/mol. The largest absolute Gasteiger partial charge is 0.338 e. The van der Waals surface area contributed by atoms with Crippen LogP contribution in [0.4, 0.5) is 4.79 Å². The molecule has 0 saturated heterocycles. The van der Waals surface area contributed by atoms with E-state index in [1.807, 2.05) is 0 Å². The van der Waals surface area contributed by atoms with Crippen LogP contribution in [0.25, 0.3) is 0 Å². The minimum Gasteiger partial charge on any atom is -0.338 e. The van der Waals surface area contributed by atoms with Gasteiger partial charge in [0.2, 0.25) is 0 Å². The SMILES string of the molecule is CCCCCCCCCCNC(=O)N(CCCCCCCC)CCCCCCCC. The van der Waals surface area contributed by atoms with Gasteiger partial charge in [0.05, 0.1) is 0 Å². The third-order valence-corrected chi connectivity index (χ3v) is 6.16. The topological polar surface area (TPSA) is 32.3 Å². The Morgan fingerprint density at radius 3 is 1.23 bits per heavy atom. The van der Waals surface area contributed by atoms with Crippen molar-refractivity contribution < 1.29 is 4.79 Å².